The van der Waals surface area contributed by atoms with Crippen LogP contribution in [0.25, 0.3) is 10.9 Å². The average Bonchev–Trinajstić information content (AvgIpc) is 3.10. The fourth-order valence-electron chi connectivity index (χ4n) is 3.46. The minimum absolute atomic E-state index is 0.0983. The van der Waals surface area contributed by atoms with Crippen molar-refractivity contribution in [3.05, 3.63) is 70.3 Å². The molecule has 29 heavy (non-hydrogen) atoms. The molecule has 1 N–H and O–H groups in total. The molecule has 1 amide bonds. The summed E-state index contributed by atoms with van der Waals surface area (Å²) >= 11 is 0. The number of amides is 1. The molecule has 3 aromatic rings. The minimum Gasteiger partial charge on any atom is -0.454 e. The van der Waals surface area contributed by atoms with Gasteiger partial charge in [0.05, 0.1) is 16.8 Å². The Hall–Kier alpha value is -3.48. The third-order valence-corrected chi connectivity index (χ3v) is 5.11. The van der Waals surface area contributed by atoms with Gasteiger partial charge in [-0.05, 0) is 38.1 Å². The number of para-hydroxylation sites is 1. The van der Waals surface area contributed by atoms with E-state index in [1.165, 1.54) is 0 Å². The van der Waals surface area contributed by atoms with Crippen molar-refractivity contribution in [2.45, 2.75) is 26.4 Å². The number of benzene rings is 2. The standard InChI is InChI=1S/C22H21N3O4/c1-13-7-9-16(10-8-13)25-12-15(11-19(25)26)22(28)29-14(2)20-23-18-6-4-3-5-17(18)21(27)24-20/h3-10,14-15H,11-12H2,1-2H3,(H,23,24,27)/t14-,15-/m1/s1. The quantitative estimate of drug-likeness (QED) is 0.691. The Morgan fingerprint density at radius 3 is 2.66 bits per heavy atom. The average molecular weight is 391 g/mol. The van der Waals surface area contributed by atoms with Crippen LogP contribution in [0.4, 0.5) is 5.69 Å². The highest BCUT2D eigenvalue weighted by atomic mass is 16.5. The van der Waals surface area contributed by atoms with Crippen LogP contribution in [0, 0.1) is 12.8 Å². The Morgan fingerprint density at radius 1 is 1.17 bits per heavy atom. The van der Waals surface area contributed by atoms with Crippen molar-refractivity contribution in [1.82, 2.24) is 9.97 Å². The predicted octanol–water partition coefficient (Wildman–Crippen LogP) is 2.89. The number of ether oxygens (including phenoxy) is 1. The van der Waals surface area contributed by atoms with Gasteiger partial charge < -0.3 is 14.6 Å². The van der Waals surface area contributed by atoms with Crippen LogP contribution in [0.5, 0.6) is 0 Å². The van der Waals surface area contributed by atoms with Gasteiger partial charge >= 0.3 is 5.97 Å². The zero-order valence-corrected chi connectivity index (χ0v) is 16.2. The van der Waals surface area contributed by atoms with E-state index in [0.29, 0.717) is 10.9 Å². The molecule has 2 atom stereocenters. The van der Waals surface area contributed by atoms with E-state index in [2.05, 4.69) is 9.97 Å². The number of fused-ring (bicyclic) bond motifs is 1. The molecule has 0 saturated carbocycles. The van der Waals surface area contributed by atoms with Crippen molar-refractivity contribution in [3.8, 4) is 0 Å². The van der Waals surface area contributed by atoms with Crippen LogP contribution < -0.4 is 10.5 Å². The molecule has 4 rings (SSSR count). The van der Waals surface area contributed by atoms with Crippen molar-refractivity contribution in [1.29, 1.82) is 0 Å². The largest absolute Gasteiger partial charge is 0.454 e. The van der Waals surface area contributed by atoms with E-state index >= 15 is 0 Å². The first-order chi connectivity index (χ1) is 13.9. The summed E-state index contributed by atoms with van der Waals surface area (Å²) in [5.74, 6) is -0.864. The van der Waals surface area contributed by atoms with Crippen molar-refractivity contribution >= 4 is 28.5 Å². The lowest BCUT2D eigenvalue weighted by atomic mass is 10.1. The molecule has 7 heteroatoms. The number of aromatic nitrogens is 2. The third-order valence-electron chi connectivity index (χ3n) is 5.11. The first-order valence-electron chi connectivity index (χ1n) is 9.49. The first-order valence-corrected chi connectivity index (χ1v) is 9.49. The predicted molar refractivity (Wildman–Crippen MR) is 109 cm³/mol. The zero-order chi connectivity index (χ0) is 20.5. The normalized spacial score (nSPS) is 17.5. The molecule has 1 fully saturated rings. The molecular formula is C22H21N3O4. The van der Waals surface area contributed by atoms with Crippen LogP contribution in [0.3, 0.4) is 0 Å². The molecule has 0 aliphatic carbocycles. The Balaban J connectivity index is 1.47. The van der Waals surface area contributed by atoms with Gasteiger partial charge in [0.1, 0.15) is 0 Å². The molecule has 0 unspecified atom stereocenters. The molecule has 2 aromatic carbocycles. The summed E-state index contributed by atoms with van der Waals surface area (Å²) < 4.78 is 5.53. The van der Waals surface area contributed by atoms with Crippen LogP contribution in [-0.4, -0.2) is 28.4 Å². The number of esters is 1. The molecule has 7 nitrogen and oxygen atoms in total. The Labute approximate surface area is 167 Å². The summed E-state index contributed by atoms with van der Waals surface area (Å²) in [6.45, 7) is 3.90. The van der Waals surface area contributed by atoms with Crippen LogP contribution in [-0.2, 0) is 14.3 Å². The lowest BCUT2D eigenvalue weighted by molar-refractivity contribution is -0.153. The lowest BCUT2D eigenvalue weighted by Gasteiger charge is -2.18. The molecule has 148 valence electrons. The van der Waals surface area contributed by atoms with Gasteiger partial charge in [0.2, 0.25) is 5.91 Å². The number of nitrogens with one attached hydrogen (secondary N) is 1. The smallest absolute Gasteiger partial charge is 0.311 e. The molecule has 1 saturated heterocycles. The van der Waals surface area contributed by atoms with Crippen molar-refractivity contribution in [3.63, 3.8) is 0 Å². The number of H-pyrrole nitrogens is 1. The van der Waals surface area contributed by atoms with E-state index in [9.17, 15) is 14.4 Å². The number of hydrogen-bond acceptors (Lipinski definition) is 5. The van der Waals surface area contributed by atoms with E-state index < -0.39 is 18.0 Å². The molecule has 2 heterocycles. The third kappa shape index (κ3) is 3.76. The second kappa shape index (κ2) is 7.50. The van der Waals surface area contributed by atoms with Crippen molar-refractivity contribution in [2.24, 2.45) is 5.92 Å². The fourth-order valence-corrected chi connectivity index (χ4v) is 3.46. The van der Waals surface area contributed by atoms with E-state index in [-0.39, 0.29) is 30.3 Å². The number of nitrogens with zero attached hydrogens (tertiary/aromatic N) is 2. The maximum absolute atomic E-state index is 12.6. The number of rotatable bonds is 4. The van der Waals surface area contributed by atoms with Gasteiger partial charge in [-0.1, -0.05) is 29.8 Å². The van der Waals surface area contributed by atoms with E-state index in [0.717, 1.165) is 11.3 Å². The highest BCUT2D eigenvalue weighted by Crippen LogP contribution is 2.27. The van der Waals surface area contributed by atoms with Gasteiger partial charge in [0.15, 0.2) is 11.9 Å². The Kier molecular flexibility index (Phi) is 4.88. The fraction of sp³-hybridized carbons (Fsp3) is 0.273. The first kappa shape index (κ1) is 18.9. The molecule has 0 radical (unpaired) electrons. The maximum Gasteiger partial charge on any atom is 0.311 e. The van der Waals surface area contributed by atoms with Crippen molar-refractivity contribution < 1.29 is 14.3 Å². The summed E-state index contributed by atoms with van der Waals surface area (Å²) in [5.41, 5.74) is 2.12. The second-order valence-electron chi connectivity index (χ2n) is 7.29. The van der Waals surface area contributed by atoms with Crippen LogP contribution >= 0.6 is 0 Å². The minimum atomic E-state index is -0.733. The van der Waals surface area contributed by atoms with E-state index in [1.807, 2.05) is 31.2 Å². The number of carbonyl (C=O) groups is 2. The number of aromatic amines is 1. The van der Waals surface area contributed by atoms with Crippen LogP contribution in [0.2, 0.25) is 0 Å². The topological polar surface area (TPSA) is 92.4 Å². The molecule has 1 aliphatic heterocycles. The Bertz CT molecular complexity index is 1140. The number of aryl methyl sites for hydroxylation is 1. The van der Waals surface area contributed by atoms with Gasteiger partial charge in [0, 0.05) is 18.7 Å². The van der Waals surface area contributed by atoms with Gasteiger partial charge in [0.25, 0.3) is 5.56 Å². The van der Waals surface area contributed by atoms with Gasteiger partial charge in [-0.3, -0.25) is 14.4 Å². The summed E-state index contributed by atoms with van der Waals surface area (Å²) in [5, 5.41) is 0.477. The summed E-state index contributed by atoms with van der Waals surface area (Å²) in [7, 11) is 0. The second-order valence-corrected chi connectivity index (χ2v) is 7.29. The lowest BCUT2D eigenvalue weighted by Crippen LogP contribution is -2.27. The van der Waals surface area contributed by atoms with Crippen molar-refractivity contribution in [2.75, 3.05) is 11.4 Å². The van der Waals surface area contributed by atoms with Gasteiger partial charge in [-0.2, -0.15) is 0 Å². The van der Waals surface area contributed by atoms with Crippen LogP contribution in [0.1, 0.15) is 30.8 Å². The number of hydrogen-bond donors (Lipinski definition) is 1. The number of anilines is 1. The molecular weight excluding hydrogens is 370 g/mol. The highest BCUT2D eigenvalue weighted by molar-refractivity contribution is 5.99. The summed E-state index contributed by atoms with van der Waals surface area (Å²) in [4.78, 5) is 45.9. The number of carbonyl (C=O) groups excluding carboxylic acids is 2. The Morgan fingerprint density at radius 2 is 1.90 bits per heavy atom. The summed E-state index contributed by atoms with van der Waals surface area (Å²) in [6.07, 6.45) is -0.635. The monoisotopic (exact) mass is 391 g/mol. The van der Waals surface area contributed by atoms with E-state index in [1.54, 1.807) is 36.1 Å². The SMILES string of the molecule is Cc1ccc(N2C[C@H](C(=O)O[C@H](C)c3nc4ccccc4c(=O)[nH]3)CC2=O)cc1. The molecule has 0 spiro atoms. The zero-order valence-electron chi connectivity index (χ0n) is 16.2. The van der Waals surface area contributed by atoms with Gasteiger partial charge in [-0.25, -0.2) is 4.98 Å². The molecule has 0 bridgehead atoms. The highest BCUT2D eigenvalue weighted by Gasteiger charge is 2.37. The molecule has 1 aromatic heterocycles. The molecule has 1 aliphatic rings. The van der Waals surface area contributed by atoms with E-state index in [4.69, 9.17) is 4.74 Å². The summed E-state index contributed by atoms with van der Waals surface area (Å²) in [6, 6.07) is 14.6. The van der Waals surface area contributed by atoms with Gasteiger partial charge in [-0.15, -0.1) is 0 Å². The maximum atomic E-state index is 12.6. The van der Waals surface area contributed by atoms with Crippen LogP contribution in [0.15, 0.2) is 53.3 Å².